The maximum absolute atomic E-state index is 12.8. The number of nitrogens with zero attached hydrogens (tertiary/aromatic N) is 4. The molecule has 2 amide bonds. The molecule has 0 bridgehead atoms. The van der Waals surface area contributed by atoms with Gasteiger partial charge in [-0.15, -0.1) is 22.7 Å². The summed E-state index contributed by atoms with van der Waals surface area (Å²) in [4.78, 5) is 37.6. The molecule has 0 aliphatic carbocycles. The van der Waals surface area contributed by atoms with Gasteiger partial charge in [0, 0.05) is 42.4 Å². The first-order valence-corrected chi connectivity index (χ1v) is 12.2. The highest BCUT2D eigenvalue weighted by Crippen LogP contribution is 2.35. The van der Waals surface area contributed by atoms with Crippen molar-refractivity contribution in [2.45, 2.75) is 38.0 Å². The Morgan fingerprint density at radius 3 is 2.80 bits per heavy atom. The summed E-state index contributed by atoms with van der Waals surface area (Å²) in [6.07, 6.45) is 3.60. The second-order valence-electron chi connectivity index (χ2n) is 7.77. The van der Waals surface area contributed by atoms with E-state index in [1.165, 1.54) is 11.3 Å². The SMILES string of the molecule is O=C(Cc1csc(N2CCCC2=O)n1)N1CCC(c2nc3cc(Cl)ccc3s2)CC1. The van der Waals surface area contributed by atoms with Gasteiger partial charge < -0.3 is 4.90 Å². The summed E-state index contributed by atoms with van der Waals surface area (Å²) in [5.74, 6) is 0.618. The number of thiazole rings is 2. The molecule has 1 aromatic carbocycles. The maximum atomic E-state index is 12.8. The van der Waals surface area contributed by atoms with Crippen LogP contribution in [0.1, 0.15) is 42.3 Å². The van der Waals surface area contributed by atoms with E-state index in [0.29, 0.717) is 23.8 Å². The Morgan fingerprint density at radius 1 is 1.20 bits per heavy atom. The van der Waals surface area contributed by atoms with Crippen LogP contribution in [0.15, 0.2) is 23.6 Å². The molecule has 4 heterocycles. The minimum absolute atomic E-state index is 0.106. The first kappa shape index (κ1) is 19.9. The van der Waals surface area contributed by atoms with Gasteiger partial charge in [0.1, 0.15) is 0 Å². The van der Waals surface area contributed by atoms with Gasteiger partial charge >= 0.3 is 0 Å². The Labute approximate surface area is 187 Å². The van der Waals surface area contributed by atoms with Crippen molar-refractivity contribution < 1.29 is 9.59 Å². The Bertz CT molecular complexity index is 1100. The number of carbonyl (C=O) groups is 2. The van der Waals surface area contributed by atoms with Gasteiger partial charge in [-0.3, -0.25) is 14.5 Å². The predicted octanol–water partition coefficient (Wildman–Crippen LogP) is 4.48. The number of fused-ring (bicyclic) bond motifs is 1. The van der Waals surface area contributed by atoms with Gasteiger partial charge in [0.25, 0.3) is 0 Å². The predicted molar refractivity (Wildman–Crippen MR) is 121 cm³/mol. The number of benzene rings is 1. The van der Waals surface area contributed by atoms with E-state index in [1.54, 1.807) is 16.2 Å². The Balaban J connectivity index is 1.18. The molecule has 0 atom stereocenters. The van der Waals surface area contributed by atoms with Crippen LogP contribution >= 0.6 is 34.3 Å². The fourth-order valence-electron chi connectivity index (χ4n) is 4.09. The normalized spacial score (nSPS) is 18.0. The molecule has 30 heavy (non-hydrogen) atoms. The number of amides is 2. The number of anilines is 1. The summed E-state index contributed by atoms with van der Waals surface area (Å²) < 4.78 is 1.16. The number of aromatic nitrogens is 2. The average molecular weight is 461 g/mol. The molecule has 156 valence electrons. The number of rotatable bonds is 4. The van der Waals surface area contributed by atoms with E-state index in [0.717, 1.165) is 64.9 Å². The van der Waals surface area contributed by atoms with Crippen LogP contribution in [0.4, 0.5) is 5.13 Å². The molecule has 2 aliphatic heterocycles. The van der Waals surface area contributed by atoms with E-state index in [-0.39, 0.29) is 11.8 Å². The average Bonchev–Trinajstić information content (AvgIpc) is 3.47. The van der Waals surface area contributed by atoms with Gasteiger partial charge in [0.05, 0.1) is 27.3 Å². The van der Waals surface area contributed by atoms with E-state index >= 15 is 0 Å². The quantitative estimate of drug-likeness (QED) is 0.575. The van der Waals surface area contributed by atoms with E-state index in [1.807, 2.05) is 28.5 Å². The van der Waals surface area contributed by atoms with Gasteiger partial charge in [0.15, 0.2) is 5.13 Å². The molecule has 5 rings (SSSR count). The fourth-order valence-corrected chi connectivity index (χ4v) is 6.24. The highest BCUT2D eigenvalue weighted by molar-refractivity contribution is 7.18. The minimum Gasteiger partial charge on any atom is -0.342 e. The molecule has 0 saturated carbocycles. The van der Waals surface area contributed by atoms with Gasteiger partial charge in [0.2, 0.25) is 11.8 Å². The monoisotopic (exact) mass is 460 g/mol. The molecule has 6 nitrogen and oxygen atoms in total. The topological polar surface area (TPSA) is 66.4 Å². The van der Waals surface area contributed by atoms with E-state index in [9.17, 15) is 9.59 Å². The minimum atomic E-state index is 0.106. The lowest BCUT2D eigenvalue weighted by molar-refractivity contribution is -0.131. The molecule has 0 spiro atoms. The van der Waals surface area contributed by atoms with Crippen molar-refractivity contribution in [3.05, 3.63) is 39.3 Å². The Morgan fingerprint density at radius 2 is 2.03 bits per heavy atom. The molecule has 2 aromatic heterocycles. The molecular weight excluding hydrogens is 440 g/mol. The summed E-state index contributed by atoms with van der Waals surface area (Å²) in [6.45, 7) is 2.20. The van der Waals surface area contributed by atoms with Crippen LogP contribution in [0.5, 0.6) is 0 Å². The third kappa shape index (κ3) is 3.96. The van der Waals surface area contributed by atoms with Gasteiger partial charge in [-0.05, 0) is 37.5 Å². The molecule has 2 saturated heterocycles. The zero-order valence-corrected chi connectivity index (χ0v) is 18.7. The lowest BCUT2D eigenvalue weighted by Crippen LogP contribution is -2.38. The zero-order valence-electron chi connectivity index (χ0n) is 16.3. The molecule has 3 aromatic rings. The van der Waals surface area contributed by atoms with Crippen molar-refractivity contribution in [3.63, 3.8) is 0 Å². The second kappa shape index (κ2) is 8.24. The zero-order chi connectivity index (χ0) is 20.7. The summed E-state index contributed by atoms with van der Waals surface area (Å²) in [7, 11) is 0. The van der Waals surface area contributed by atoms with Gasteiger partial charge in [-0.1, -0.05) is 11.6 Å². The number of halogens is 1. The van der Waals surface area contributed by atoms with Crippen LogP contribution in [0.3, 0.4) is 0 Å². The van der Waals surface area contributed by atoms with E-state index in [2.05, 4.69) is 4.98 Å². The van der Waals surface area contributed by atoms with Crippen LogP contribution in [-0.4, -0.2) is 46.3 Å². The van der Waals surface area contributed by atoms with Crippen LogP contribution in [0.2, 0.25) is 5.02 Å². The number of piperidine rings is 1. The standard InChI is InChI=1S/C21H21ClN4O2S2/c22-14-3-4-17-16(10-14)24-20(30-17)13-5-8-25(9-6-13)19(28)11-15-12-29-21(23-15)26-7-1-2-18(26)27/h3-4,10,12-13H,1-2,5-9,11H2. The van der Waals surface area contributed by atoms with Crippen LogP contribution in [0.25, 0.3) is 10.2 Å². The third-order valence-electron chi connectivity index (χ3n) is 5.74. The van der Waals surface area contributed by atoms with Crippen LogP contribution < -0.4 is 4.90 Å². The lowest BCUT2D eigenvalue weighted by Gasteiger charge is -2.31. The highest BCUT2D eigenvalue weighted by atomic mass is 35.5. The Hall–Kier alpha value is -2.03. The first-order valence-electron chi connectivity index (χ1n) is 10.2. The molecule has 2 fully saturated rings. The summed E-state index contributed by atoms with van der Waals surface area (Å²) >= 11 is 9.25. The smallest absolute Gasteiger partial charge is 0.228 e. The number of likely N-dealkylation sites (tertiary alicyclic amines) is 1. The summed E-state index contributed by atoms with van der Waals surface area (Å²) in [6, 6.07) is 5.83. The third-order valence-corrected chi connectivity index (χ3v) is 8.09. The number of carbonyl (C=O) groups excluding carboxylic acids is 2. The molecule has 2 aliphatic rings. The van der Waals surface area contributed by atoms with Crippen LogP contribution in [-0.2, 0) is 16.0 Å². The largest absolute Gasteiger partial charge is 0.342 e. The van der Waals surface area contributed by atoms with E-state index in [4.69, 9.17) is 16.6 Å². The molecule has 0 N–H and O–H groups in total. The molecule has 0 unspecified atom stereocenters. The number of hydrogen-bond acceptors (Lipinski definition) is 6. The lowest BCUT2D eigenvalue weighted by atomic mass is 9.97. The fraction of sp³-hybridized carbons (Fsp3) is 0.429. The van der Waals surface area contributed by atoms with Gasteiger partial charge in [-0.2, -0.15) is 0 Å². The number of hydrogen-bond donors (Lipinski definition) is 0. The first-order chi connectivity index (χ1) is 14.6. The second-order valence-corrected chi connectivity index (χ2v) is 10.1. The van der Waals surface area contributed by atoms with Crippen molar-refractivity contribution in [1.82, 2.24) is 14.9 Å². The summed E-state index contributed by atoms with van der Waals surface area (Å²) in [5.41, 5.74) is 1.71. The highest BCUT2D eigenvalue weighted by Gasteiger charge is 2.28. The van der Waals surface area contributed by atoms with Gasteiger partial charge in [-0.25, -0.2) is 9.97 Å². The Kier molecular flexibility index (Phi) is 5.47. The van der Waals surface area contributed by atoms with Crippen molar-refractivity contribution in [2.75, 3.05) is 24.5 Å². The molecule has 0 radical (unpaired) electrons. The van der Waals surface area contributed by atoms with Crippen molar-refractivity contribution in [1.29, 1.82) is 0 Å². The van der Waals surface area contributed by atoms with E-state index < -0.39 is 0 Å². The van der Waals surface area contributed by atoms with Crippen molar-refractivity contribution in [3.8, 4) is 0 Å². The molecule has 9 heteroatoms. The van der Waals surface area contributed by atoms with Crippen molar-refractivity contribution >= 4 is 61.4 Å². The maximum Gasteiger partial charge on any atom is 0.228 e. The summed E-state index contributed by atoms with van der Waals surface area (Å²) in [5, 5.41) is 4.46. The van der Waals surface area contributed by atoms with Crippen LogP contribution in [0, 0.1) is 0 Å². The van der Waals surface area contributed by atoms with Crippen molar-refractivity contribution in [2.24, 2.45) is 0 Å². The molecular formula is C21H21ClN4O2S2.